The Bertz CT molecular complexity index is 721. The molecule has 7 heteroatoms. The molecule has 1 amide bonds. The highest BCUT2D eigenvalue weighted by atomic mass is 35.5. The van der Waals surface area contributed by atoms with Crippen LogP contribution in [-0.4, -0.2) is 24.8 Å². The second kappa shape index (κ2) is 6.11. The molecule has 0 spiro atoms. The van der Waals surface area contributed by atoms with Crippen LogP contribution in [0.15, 0.2) is 30.3 Å². The molecule has 1 aliphatic heterocycles. The summed E-state index contributed by atoms with van der Waals surface area (Å²) in [7, 11) is 1.47. The van der Waals surface area contributed by atoms with Crippen LogP contribution in [0, 0.1) is 0 Å². The lowest BCUT2D eigenvalue weighted by atomic mass is 10.2. The molecule has 0 saturated heterocycles. The van der Waals surface area contributed by atoms with E-state index >= 15 is 0 Å². The topological polar surface area (TPSA) is 69.7 Å². The van der Waals surface area contributed by atoms with E-state index in [-0.39, 0.29) is 17.9 Å². The summed E-state index contributed by atoms with van der Waals surface area (Å²) in [5.41, 5.74) is 1.29. The maximum absolute atomic E-state index is 12.2. The summed E-state index contributed by atoms with van der Waals surface area (Å²) in [6.07, 6.45) is 0. The van der Waals surface area contributed by atoms with E-state index in [9.17, 15) is 4.79 Å². The second-order valence-electron chi connectivity index (χ2n) is 4.59. The lowest BCUT2D eigenvalue weighted by Crippen LogP contribution is -2.22. The van der Waals surface area contributed by atoms with E-state index in [0.29, 0.717) is 29.5 Å². The summed E-state index contributed by atoms with van der Waals surface area (Å²) in [6, 6.07) is 8.53. The molecule has 0 radical (unpaired) electrons. The quantitative estimate of drug-likeness (QED) is 0.876. The van der Waals surface area contributed by atoms with Crippen LogP contribution in [-0.2, 0) is 6.54 Å². The van der Waals surface area contributed by atoms with Crippen molar-refractivity contribution in [2.75, 3.05) is 13.9 Å². The first-order valence-corrected chi connectivity index (χ1v) is 6.92. The van der Waals surface area contributed by atoms with Crippen LogP contribution in [0.2, 0.25) is 5.15 Å². The van der Waals surface area contributed by atoms with Crippen LogP contribution in [0.1, 0.15) is 15.9 Å². The predicted molar refractivity (Wildman–Crippen MR) is 79.5 cm³/mol. The summed E-state index contributed by atoms with van der Waals surface area (Å²) in [5, 5.41) is 3.01. The molecule has 1 aliphatic rings. The van der Waals surface area contributed by atoms with Crippen molar-refractivity contribution in [1.82, 2.24) is 10.3 Å². The van der Waals surface area contributed by atoms with Gasteiger partial charge in [0.2, 0.25) is 12.7 Å². The van der Waals surface area contributed by atoms with Gasteiger partial charge in [0, 0.05) is 18.2 Å². The van der Waals surface area contributed by atoms with Crippen molar-refractivity contribution in [3.63, 3.8) is 0 Å². The van der Waals surface area contributed by atoms with Gasteiger partial charge in [-0.05, 0) is 23.8 Å². The van der Waals surface area contributed by atoms with E-state index in [4.69, 9.17) is 25.8 Å². The van der Waals surface area contributed by atoms with Gasteiger partial charge in [-0.25, -0.2) is 4.98 Å². The molecule has 1 N–H and O–H groups in total. The highest BCUT2D eigenvalue weighted by Crippen LogP contribution is 2.32. The molecule has 0 atom stereocenters. The number of fused-ring (bicyclic) bond motifs is 1. The monoisotopic (exact) mass is 320 g/mol. The zero-order valence-electron chi connectivity index (χ0n) is 11.8. The van der Waals surface area contributed by atoms with E-state index in [0.717, 1.165) is 5.56 Å². The van der Waals surface area contributed by atoms with Gasteiger partial charge in [-0.2, -0.15) is 0 Å². The highest BCUT2D eigenvalue weighted by molar-refractivity contribution is 6.29. The molecule has 0 saturated carbocycles. The van der Waals surface area contributed by atoms with Gasteiger partial charge in [-0.1, -0.05) is 17.7 Å². The molecule has 1 aromatic heterocycles. The summed E-state index contributed by atoms with van der Waals surface area (Å²) in [6.45, 7) is 0.582. The maximum Gasteiger partial charge on any atom is 0.251 e. The van der Waals surface area contributed by atoms with Crippen LogP contribution < -0.4 is 19.5 Å². The van der Waals surface area contributed by atoms with E-state index in [1.54, 1.807) is 0 Å². The smallest absolute Gasteiger partial charge is 0.251 e. The van der Waals surface area contributed by atoms with Crippen molar-refractivity contribution in [2.45, 2.75) is 6.54 Å². The number of ether oxygens (including phenoxy) is 3. The minimum Gasteiger partial charge on any atom is -0.481 e. The van der Waals surface area contributed by atoms with Gasteiger partial charge >= 0.3 is 0 Å². The number of halogens is 1. The standard InChI is InChI=1S/C15H13ClN2O4/c1-20-14-6-10(5-13(16)18-14)15(19)17-7-9-2-3-11-12(4-9)22-8-21-11/h2-6H,7-8H2,1H3,(H,17,19). The average molecular weight is 321 g/mol. The van der Waals surface area contributed by atoms with Crippen molar-refractivity contribution in [3.05, 3.63) is 46.6 Å². The van der Waals surface area contributed by atoms with Gasteiger partial charge in [0.15, 0.2) is 11.5 Å². The average Bonchev–Trinajstić information content (AvgIpc) is 2.99. The number of methoxy groups -OCH3 is 1. The van der Waals surface area contributed by atoms with Crippen LogP contribution in [0.4, 0.5) is 0 Å². The number of pyridine rings is 1. The molecular formula is C15H13ClN2O4. The molecule has 3 rings (SSSR count). The molecule has 0 fully saturated rings. The number of nitrogens with zero attached hydrogens (tertiary/aromatic N) is 1. The third kappa shape index (κ3) is 3.07. The van der Waals surface area contributed by atoms with E-state index in [1.807, 2.05) is 18.2 Å². The number of benzene rings is 1. The Morgan fingerprint density at radius 2 is 2.14 bits per heavy atom. The van der Waals surface area contributed by atoms with Crippen LogP contribution >= 0.6 is 11.6 Å². The zero-order chi connectivity index (χ0) is 15.5. The third-order valence-corrected chi connectivity index (χ3v) is 3.33. The fourth-order valence-electron chi connectivity index (χ4n) is 2.04. The molecule has 22 heavy (non-hydrogen) atoms. The fourth-order valence-corrected chi connectivity index (χ4v) is 2.24. The number of carbonyl (C=O) groups excluding carboxylic acids is 1. The van der Waals surface area contributed by atoms with Crippen molar-refractivity contribution in [1.29, 1.82) is 0 Å². The summed E-state index contributed by atoms with van der Waals surface area (Å²) in [5.74, 6) is 1.42. The van der Waals surface area contributed by atoms with Gasteiger partial charge in [0.25, 0.3) is 5.91 Å². The number of amides is 1. The van der Waals surface area contributed by atoms with E-state index in [2.05, 4.69) is 10.3 Å². The first-order chi connectivity index (χ1) is 10.7. The third-order valence-electron chi connectivity index (χ3n) is 3.13. The van der Waals surface area contributed by atoms with Crippen molar-refractivity contribution >= 4 is 17.5 Å². The first kappa shape index (κ1) is 14.5. The van der Waals surface area contributed by atoms with E-state index in [1.165, 1.54) is 19.2 Å². The van der Waals surface area contributed by atoms with Gasteiger partial charge in [-0.3, -0.25) is 4.79 Å². The van der Waals surface area contributed by atoms with Gasteiger partial charge in [-0.15, -0.1) is 0 Å². The summed E-state index contributed by atoms with van der Waals surface area (Å²) < 4.78 is 15.5. The van der Waals surface area contributed by atoms with Gasteiger partial charge < -0.3 is 19.5 Å². The fraction of sp³-hybridized carbons (Fsp3) is 0.200. The SMILES string of the molecule is COc1cc(C(=O)NCc2ccc3c(c2)OCO3)cc(Cl)n1. The molecule has 114 valence electrons. The Balaban J connectivity index is 1.68. The van der Waals surface area contributed by atoms with Crippen molar-refractivity contribution in [2.24, 2.45) is 0 Å². The Hall–Kier alpha value is -2.47. The van der Waals surface area contributed by atoms with Gasteiger partial charge in [0.05, 0.1) is 7.11 Å². The molecule has 1 aromatic carbocycles. The second-order valence-corrected chi connectivity index (χ2v) is 4.98. The first-order valence-electron chi connectivity index (χ1n) is 6.54. The molecule has 0 unspecified atom stereocenters. The number of hydrogen-bond donors (Lipinski definition) is 1. The Morgan fingerprint density at radius 1 is 1.32 bits per heavy atom. The molecule has 6 nitrogen and oxygen atoms in total. The summed E-state index contributed by atoms with van der Waals surface area (Å²) in [4.78, 5) is 16.1. The normalized spacial score (nSPS) is 12.1. The number of hydrogen-bond acceptors (Lipinski definition) is 5. The van der Waals surface area contributed by atoms with Crippen molar-refractivity contribution in [3.8, 4) is 17.4 Å². The molecule has 0 bridgehead atoms. The minimum atomic E-state index is -0.264. The predicted octanol–water partition coefficient (Wildman–Crippen LogP) is 2.40. The number of aromatic nitrogens is 1. The molecule has 0 aliphatic carbocycles. The highest BCUT2D eigenvalue weighted by Gasteiger charge is 2.14. The van der Waals surface area contributed by atoms with Crippen LogP contribution in [0.25, 0.3) is 0 Å². The Morgan fingerprint density at radius 3 is 2.95 bits per heavy atom. The Kier molecular flexibility index (Phi) is 4.02. The lowest BCUT2D eigenvalue weighted by Gasteiger charge is -2.08. The summed E-state index contributed by atoms with van der Waals surface area (Å²) >= 11 is 5.85. The minimum absolute atomic E-state index is 0.201. The van der Waals surface area contributed by atoms with E-state index < -0.39 is 0 Å². The number of nitrogens with one attached hydrogen (secondary N) is 1. The molecular weight excluding hydrogens is 308 g/mol. The number of carbonyl (C=O) groups is 1. The number of rotatable bonds is 4. The van der Waals surface area contributed by atoms with Gasteiger partial charge in [0.1, 0.15) is 5.15 Å². The lowest BCUT2D eigenvalue weighted by molar-refractivity contribution is 0.0950. The molecule has 2 aromatic rings. The Labute approximate surface area is 132 Å². The van der Waals surface area contributed by atoms with Crippen LogP contribution in [0.3, 0.4) is 0 Å². The molecule has 2 heterocycles. The maximum atomic E-state index is 12.2. The van der Waals surface area contributed by atoms with Crippen LogP contribution in [0.5, 0.6) is 17.4 Å². The largest absolute Gasteiger partial charge is 0.481 e. The zero-order valence-corrected chi connectivity index (χ0v) is 12.5. The van der Waals surface area contributed by atoms with Crippen molar-refractivity contribution < 1.29 is 19.0 Å².